The lowest BCUT2D eigenvalue weighted by atomic mass is 9.88. The Labute approximate surface area is 131 Å². The molecule has 22 heavy (non-hydrogen) atoms. The van der Waals surface area contributed by atoms with E-state index in [4.69, 9.17) is 10.6 Å². The predicted molar refractivity (Wildman–Crippen MR) is 80.7 cm³/mol. The zero-order chi connectivity index (χ0) is 16.1. The van der Waals surface area contributed by atoms with Crippen molar-refractivity contribution < 1.29 is 19.2 Å². The van der Waals surface area contributed by atoms with E-state index in [1.54, 1.807) is 4.90 Å². The quantitative estimate of drug-likeness (QED) is 0.785. The summed E-state index contributed by atoms with van der Waals surface area (Å²) >= 11 is 0. The summed E-state index contributed by atoms with van der Waals surface area (Å²) < 4.78 is 5.28. The van der Waals surface area contributed by atoms with Crippen molar-refractivity contribution in [3.8, 4) is 0 Å². The van der Waals surface area contributed by atoms with Crippen molar-refractivity contribution in [2.75, 3.05) is 32.8 Å². The Balaban J connectivity index is 2.00. The first-order valence-corrected chi connectivity index (χ1v) is 8.06. The fraction of sp³-hybridized carbons (Fsp3) is 0.867. The van der Waals surface area contributed by atoms with Crippen molar-refractivity contribution in [2.24, 2.45) is 17.7 Å². The zero-order valence-electron chi connectivity index (χ0n) is 13.5. The molecule has 2 heterocycles. The maximum atomic E-state index is 12.6. The van der Waals surface area contributed by atoms with E-state index in [1.165, 1.54) is 0 Å². The number of ether oxygens (including phenoxy) is 1. The highest BCUT2D eigenvalue weighted by atomic mass is 16.7. The van der Waals surface area contributed by atoms with E-state index in [0.717, 1.165) is 19.3 Å². The SMILES string of the molecule is CC(C)CC1CCC(C(=O)N2CCOCC2)CN1C(=O)ON. The van der Waals surface area contributed by atoms with Crippen LogP contribution in [0, 0.1) is 11.8 Å². The number of piperidine rings is 1. The molecule has 126 valence electrons. The molecule has 0 aliphatic carbocycles. The maximum Gasteiger partial charge on any atom is 0.428 e. The van der Waals surface area contributed by atoms with Crippen LogP contribution in [0.25, 0.3) is 0 Å². The monoisotopic (exact) mass is 313 g/mol. The molecule has 7 nitrogen and oxygen atoms in total. The Morgan fingerprint density at radius 2 is 1.95 bits per heavy atom. The smallest absolute Gasteiger partial charge is 0.378 e. The molecule has 0 radical (unpaired) electrons. The molecule has 0 aromatic heterocycles. The van der Waals surface area contributed by atoms with Crippen LogP contribution in [-0.2, 0) is 14.4 Å². The number of likely N-dealkylation sites (tertiary alicyclic amines) is 1. The van der Waals surface area contributed by atoms with Gasteiger partial charge in [0.1, 0.15) is 0 Å². The Morgan fingerprint density at radius 3 is 2.55 bits per heavy atom. The van der Waals surface area contributed by atoms with Crippen molar-refractivity contribution in [3.63, 3.8) is 0 Å². The van der Waals surface area contributed by atoms with E-state index in [2.05, 4.69) is 18.7 Å². The third-order valence-electron chi connectivity index (χ3n) is 4.46. The number of amides is 2. The lowest BCUT2D eigenvalue weighted by Gasteiger charge is -2.40. The third kappa shape index (κ3) is 4.10. The van der Waals surface area contributed by atoms with Gasteiger partial charge in [-0.15, -0.1) is 0 Å². The second-order valence-corrected chi connectivity index (χ2v) is 6.53. The maximum absolute atomic E-state index is 12.6. The van der Waals surface area contributed by atoms with E-state index < -0.39 is 6.09 Å². The molecule has 2 atom stereocenters. The minimum atomic E-state index is -0.537. The minimum absolute atomic E-state index is 0.102. The number of carbonyl (C=O) groups excluding carboxylic acids is 2. The number of nitrogens with zero attached hydrogens (tertiary/aromatic N) is 2. The number of hydrogen-bond acceptors (Lipinski definition) is 5. The summed E-state index contributed by atoms with van der Waals surface area (Å²) in [5, 5.41) is 0. The van der Waals surface area contributed by atoms with Crippen molar-refractivity contribution in [3.05, 3.63) is 0 Å². The van der Waals surface area contributed by atoms with Crippen LogP contribution in [0.1, 0.15) is 33.1 Å². The molecule has 2 fully saturated rings. The number of morpholine rings is 1. The fourth-order valence-electron chi connectivity index (χ4n) is 3.35. The molecular formula is C15H27N3O4. The first-order valence-electron chi connectivity index (χ1n) is 8.06. The van der Waals surface area contributed by atoms with Gasteiger partial charge in [0.2, 0.25) is 5.91 Å². The molecule has 0 saturated carbocycles. The Bertz CT molecular complexity index is 396. The van der Waals surface area contributed by atoms with Crippen LogP contribution in [0.4, 0.5) is 4.79 Å². The van der Waals surface area contributed by atoms with Gasteiger partial charge in [-0.05, 0) is 25.2 Å². The lowest BCUT2D eigenvalue weighted by molar-refractivity contribution is -0.141. The molecule has 0 bridgehead atoms. The average molecular weight is 313 g/mol. The molecule has 2 amide bonds. The van der Waals surface area contributed by atoms with Gasteiger partial charge in [-0.1, -0.05) is 13.8 Å². The van der Waals surface area contributed by atoms with E-state index in [9.17, 15) is 9.59 Å². The molecule has 7 heteroatoms. The summed E-state index contributed by atoms with van der Waals surface area (Å²) in [6.45, 7) is 7.07. The van der Waals surface area contributed by atoms with Crippen LogP contribution in [0.15, 0.2) is 0 Å². The molecule has 2 aliphatic rings. The first kappa shape index (κ1) is 17.0. The summed E-state index contributed by atoms with van der Waals surface area (Å²) in [6.07, 6.45) is 1.98. The van der Waals surface area contributed by atoms with Crippen molar-refractivity contribution >= 4 is 12.0 Å². The van der Waals surface area contributed by atoms with E-state index in [0.29, 0.717) is 38.8 Å². The van der Waals surface area contributed by atoms with Crippen LogP contribution in [0.3, 0.4) is 0 Å². The van der Waals surface area contributed by atoms with E-state index in [1.807, 2.05) is 4.90 Å². The third-order valence-corrected chi connectivity index (χ3v) is 4.46. The average Bonchev–Trinajstić information content (AvgIpc) is 2.54. The van der Waals surface area contributed by atoms with Gasteiger partial charge in [0, 0.05) is 25.7 Å². The van der Waals surface area contributed by atoms with Crippen molar-refractivity contribution in [1.29, 1.82) is 0 Å². The molecule has 0 aromatic carbocycles. The largest absolute Gasteiger partial charge is 0.428 e. The standard InChI is InChI=1S/C15H27N3O4/c1-11(2)9-13-4-3-12(10-18(13)15(20)22-16)14(19)17-5-7-21-8-6-17/h11-13H,3-10,16H2,1-2H3. The van der Waals surface area contributed by atoms with Crippen molar-refractivity contribution in [1.82, 2.24) is 9.80 Å². The van der Waals surface area contributed by atoms with Gasteiger partial charge in [0.15, 0.2) is 0 Å². The molecule has 2 saturated heterocycles. The lowest BCUT2D eigenvalue weighted by Crippen LogP contribution is -2.53. The highest BCUT2D eigenvalue weighted by Gasteiger charge is 2.37. The predicted octanol–water partition coefficient (Wildman–Crippen LogP) is 0.982. The molecule has 2 N–H and O–H groups in total. The minimum Gasteiger partial charge on any atom is -0.378 e. The highest BCUT2D eigenvalue weighted by molar-refractivity contribution is 5.80. The van der Waals surface area contributed by atoms with Gasteiger partial charge in [-0.2, -0.15) is 5.90 Å². The topological polar surface area (TPSA) is 85.1 Å². The van der Waals surface area contributed by atoms with Gasteiger partial charge >= 0.3 is 6.09 Å². The van der Waals surface area contributed by atoms with Crippen LogP contribution in [0.2, 0.25) is 0 Å². The van der Waals surface area contributed by atoms with Gasteiger partial charge < -0.3 is 19.4 Å². The summed E-state index contributed by atoms with van der Waals surface area (Å²) in [7, 11) is 0. The highest BCUT2D eigenvalue weighted by Crippen LogP contribution is 2.28. The molecule has 2 rings (SSSR count). The van der Waals surface area contributed by atoms with E-state index in [-0.39, 0.29) is 17.9 Å². The van der Waals surface area contributed by atoms with Gasteiger partial charge in [0.05, 0.1) is 19.1 Å². The van der Waals surface area contributed by atoms with E-state index >= 15 is 0 Å². The first-order chi connectivity index (χ1) is 10.5. The summed E-state index contributed by atoms with van der Waals surface area (Å²) in [5.41, 5.74) is 0. The summed E-state index contributed by atoms with van der Waals surface area (Å²) in [4.78, 5) is 32.4. The van der Waals surface area contributed by atoms with Crippen molar-refractivity contribution in [2.45, 2.75) is 39.2 Å². The fourth-order valence-corrected chi connectivity index (χ4v) is 3.35. The molecular weight excluding hydrogens is 286 g/mol. The summed E-state index contributed by atoms with van der Waals surface area (Å²) in [5.74, 6) is 5.48. The van der Waals surface area contributed by atoms with Crippen LogP contribution >= 0.6 is 0 Å². The second kappa shape index (κ2) is 7.78. The number of carbonyl (C=O) groups is 2. The van der Waals surface area contributed by atoms with Gasteiger partial charge in [0.25, 0.3) is 0 Å². The van der Waals surface area contributed by atoms with Gasteiger partial charge in [-0.25, -0.2) is 4.79 Å². The van der Waals surface area contributed by atoms with Crippen LogP contribution in [0.5, 0.6) is 0 Å². The second-order valence-electron chi connectivity index (χ2n) is 6.53. The number of nitrogens with two attached hydrogens (primary N) is 1. The Hall–Kier alpha value is -1.34. The molecule has 2 unspecified atom stereocenters. The summed E-state index contributed by atoms with van der Waals surface area (Å²) in [6, 6.07) is 0.102. The Kier molecular flexibility index (Phi) is 6.02. The molecule has 2 aliphatic heterocycles. The Morgan fingerprint density at radius 1 is 1.27 bits per heavy atom. The zero-order valence-corrected chi connectivity index (χ0v) is 13.5. The van der Waals surface area contributed by atoms with Crippen LogP contribution < -0.4 is 5.90 Å². The number of hydrogen-bond donors (Lipinski definition) is 1. The normalized spacial score (nSPS) is 26.2. The molecule has 0 aromatic rings. The molecule has 0 spiro atoms. The van der Waals surface area contributed by atoms with Crippen LogP contribution in [-0.4, -0.2) is 60.7 Å². The number of rotatable bonds is 3. The van der Waals surface area contributed by atoms with Gasteiger partial charge in [-0.3, -0.25) is 4.79 Å².